The van der Waals surface area contributed by atoms with E-state index in [0.717, 1.165) is 0 Å². The van der Waals surface area contributed by atoms with Crippen LogP contribution in [0.3, 0.4) is 0 Å². The smallest absolute Gasteiger partial charge is 0.365 e. The van der Waals surface area contributed by atoms with Gasteiger partial charge in [-0.25, -0.2) is 0 Å². The zero-order chi connectivity index (χ0) is 17.2. The van der Waals surface area contributed by atoms with Gasteiger partial charge in [-0.05, 0) is 69.2 Å². The molecule has 0 spiro atoms. The topological polar surface area (TPSA) is 40.6 Å². The minimum atomic E-state index is -2.51. The molecule has 1 rings (SSSR count). The van der Waals surface area contributed by atoms with E-state index < -0.39 is 7.95 Å². The summed E-state index contributed by atoms with van der Waals surface area (Å²) in [4.78, 5) is 3.78. The summed E-state index contributed by atoms with van der Waals surface area (Å²) in [6, 6.07) is 5.72. The molecule has 0 unspecified atom stereocenters. The van der Waals surface area contributed by atoms with E-state index in [1.807, 2.05) is 49.8 Å². The molecule has 9 heteroatoms. The van der Waals surface area contributed by atoms with Crippen LogP contribution in [0.4, 0.5) is 0 Å². The molecule has 0 aliphatic carbocycles. The maximum atomic E-state index is 5.73. The second-order valence-electron chi connectivity index (χ2n) is 3.86. The Kier molecular flexibility index (Phi) is 18.0. The van der Waals surface area contributed by atoms with Crippen LogP contribution in [0.5, 0.6) is 0 Å². The summed E-state index contributed by atoms with van der Waals surface area (Å²) in [5.41, 5.74) is 0. The van der Waals surface area contributed by atoms with E-state index in [2.05, 4.69) is 11.9 Å². The van der Waals surface area contributed by atoms with Gasteiger partial charge in [-0.3, -0.25) is 4.98 Å². The lowest BCUT2D eigenvalue weighted by Gasteiger charge is -2.25. The molecule has 0 amide bonds. The van der Waals surface area contributed by atoms with Crippen molar-refractivity contribution in [2.75, 3.05) is 25.6 Å². The molecular formula is C14H27NO3S4Si. The van der Waals surface area contributed by atoms with Crippen molar-refractivity contribution < 1.29 is 13.3 Å². The minimum absolute atomic E-state index is 0.631. The van der Waals surface area contributed by atoms with Crippen LogP contribution in [0.1, 0.15) is 34.1 Å². The highest BCUT2D eigenvalue weighted by Crippen LogP contribution is 2.48. The molecule has 0 fully saturated rings. The van der Waals surface area contributed by atoms with Gasteiger partial charge in [0, 0.05) is 38.0 Å². The molecular weight excluding hydrogens is 387 g/mol. The first-order valence-corrected chi connectivity index (χ1v) is 15.1. The van der Waals surface area contributed by atoms with Crippen LogP contribution >= 0.6 is 40.7 Å². The Labute approximate surface area is 156 Å². The Hall–Kier alpha value is 0.647. The van der Waals surface area contributed by atoms with E-state index in [4.69, 9.17) is 13.3 Å². The average Bonchev–Trinajstić information content (AvgIpc) is 2.58. The molecule has 0 aliphatic rings. The second-order valence-corrected chi connectivity index (χ2v) is 14.3. The summed E-state index contributed by atoms with van der Waals surface area (Å²) in [6.45, 7) is 10.0. The highest BCUT2D eigenvalue weighted by molar-refractivity contribution is 9.28. The third-order valence-electron chi connectivity index (χ3n) is 2.03. The Balaban J connectivity index is 0.000000664. The maximum Gasteiger partial charge on any atom is 0.585 e. The van der Waals surface area contributed by atoms with E-state index in [0.29, 0.717) is 19.8 Å². The lowest BCUT2D eigenvalue weighted by molar-refractivity contribution is 0.0971. The van der Waals surface area contributed by atoms with Gasteiger partial charge in [-0.15, -0.1) is 0 Å². The standard InChI is InChI=1S/C9H22O3S4Si.C5H5N/c1-5-9-13-14-15-16-17(10-6-2,11-7-3)12-8-4;1-2-4-6-5-3-1/h5-9H2,1-4H3;1-5H. The molecule has 0 saturated carbocycles. The molecule has 0 N–H and O–H groups in total. The Morgan fingerprint density at radius 2 is 1.39 bits per heavy atom. The van der Waals surface area contributed by atoms with Crippen molar-refractivity contribution >= 4 is 48.6 Å². The zero-order valence-corrected chi connectivity index (χ0v) is 18.5. The van der Waals surface area contributed by atoms with Crippen LogP contribution in [0.25, 0.3) is 0 Å². The second kappa shape index (κ2) is 17.5. The third-order valence-corrected chi connectivity index (χ3v) is 14.9. The van der Waals surface area contributed by atoms with Crippen LogP contribution < -0.4 is 0 Å². The Morgan fingerprint density at radius 1 is 0.826 bits per heavy atom. The fourth-order valence-electron chi connectivity index (χ4n) is 1.23. The number of hydrogen-bond donors (Lipinski definition) is 0. The van der Waals surface area contributed by atoms with Crippen LogP contribution in [0.2, 0.25) is 0 Å². The monoisotopic (exact) mass is 413 g/mol. The summed E-state index contributed by atoms with van der Waals surface area (Å²) >= 11 is 0. The fourth-order valence-corrected chi connectivity index (χ4v) is 15.3. The van der Waals surface area contributed by atoms with Gasteiger partial charge >= 0.3 is 7.95 Å². The van der Waals surface area contributed by atoms with Gasteiger partial charge in [0.15, 0.2) is 0 Å². The summed E-state index contributed by atoms with van der Waals surface area (Å²) < 4.78 is 17.2. The highest BCUT2D eigenvalue weighted by Gasteiger charge is 2.43. The van der Waals surface area contributed by atoms with Gasteiger partial charge in [0.2, 0.25) is 0 Å². The van der Waals surface area contributed by atoms with Gasteiger partial charge < -0.3 is 13.3 Å². The number of aromatic nitrogens is 1. The first-order chi connectivity index (χ1) is 11.2. The predicted molar refractivity (Wildman–Crippen MR) is 110 cm³/mol. The third kappa shape index (κ3) is 13.6. The van der Waals surface area contributed by atoms with Crippen molar-refractivity contribution in [3.05, 3.63) is 30.6 Å². The van der Waals surface area contributed by atoms with Gasteiger partial charge in [-0.1, -0.05) is 23.8 Å². The van der Waals surface area contributed by atoms with Crippen LogP contribution in [-0.4, -0.2) is 38.5 Å². The van der Waals surface area contributed by atoms with Gasteiger partial charge in [-0.2, -0.15) is 0 Å². The van der Waals surface area contributed by atoms with Crippen molar-refractivity contribution in [2.24, 2.45) is 0 Å². The van der Waals surface area contributed by atoms with E-state index in [9.17, 15) is 0 Å². The molecule has 23 heavy (non-hydrogen) atoms. The molecule has 0 bridgehead atoms. The first-order valence-electron chi connectivity index (χ1n) is 7.65. The molecule has 1 heterocycles. The number of rotatable bonds is 12. The van der Waals surface area contributed by atoms with Crippen molar-refractivity contribution in [2.45, 2.75) is 34.1 Å². The molecule has 1 aromatic heterocycles. The van der Waals surface area contributed by atoms with E-state index >= 15 is 0 Å². The van der Waals surface area contributed by atoms with E-state index in [1.165, 1.54) is 12.2 Å². The maximum absolute atomic E-state index is 5.73. The lowest BCUT2D eigenvalue weighted by Crippen LogP contribution is -2.42. The van der Waals surface area contributed by atoms with Crippen LogP contribution in [0.15, 0.2) is 30.6 Å². The molecule has 0 saturated heterocycles. The van der Waals surface area contributed by atoms with E-state index in [1.54, 1.807) is 42.3 Å². The van der Waals surface area contributed by atoms with Crippen molar-refractivity contribution in [1.29, 1.82) is 0 Å². The summed E-state index contributed by atoms with van der Waals surface area (Å²) in [6.07, 6.45) is 4.70. The fraction of sp³-hybridized carbons (Fsp3) is 0.643. The first kappa shape index (κ1) is 23.6. The summed E-state index contributed by atoms with van der Waals surface area (Å²) in [7, 11) is 4.45. The quantitative estimate of drug-likeness (QED) is 0.245. The highest BCUT2D eigenvalue weighted by atomic mass is 33.7. The minimum Gasteiger partial charge on any atom is -0.365 e. The van der Waals surface area contributed by atoms with E-state index in [-0.39, 0.29) is 0 Å². The van der Waals surface area contributed by atoms with Crippen LogP contribution in [0, 0.1) is 0 Å². The normalized spacial score (nSPS) is 11.0. The molecule has 4 nitrogen and oxygen atoms in total. The molecule has 134 valence electrons. The molecule has 0 atom stereocenters. The Bertz CT molecular complexity index is 308. The largest absolute Gasteiger partial charge is 0.585 e. The van der Waals surface area contributed by atoms with Crippen molar-refractivity contribution in [3.8, 4) is 0 Å². The lowest BCUT2D eigenvalue weighted by atomic mass is 10.5. The molecule has 0 aromatic carbocycles. The van der Waals surface area contributed by atoms with Gasteiger partial charge in [0.05, 0.1) is 0 Å². The SMILES string of the molecule is CCCSSSS[Si](OCC)(OCC)OCC.c1ccncc1. The van der Waals surface area contributed by atoms with Crippen LogP contribution in [-0.2, 0) is 13.3 Å². The van der Waals surface area contributed by atoms with Crippen molar-refractivity contribution in [3.63, 3.8) is 0 Å². The summed E-state index contributed by atoms with van der Waals surface area (Å²) in [5, 5.41) is 0. The molecule has 0 aliphatic heterocycles. The average molecular weight is 414 g/mol. The predicted octanol–water partition coefficient (Wildman–Crippen LogP) is 5.70. The summed E-state index contributed by atoms with van der Waals surface area (Å²) in [5.74, 6) is 1.17. The zero-order valence-electron chi connectivity index (χ0n) is 14.2. The Morgan fingerprint density at radius 3 is 1.74 bits per heavy atom. The molecule has 1 aromatic rings. The molecule has 0 radical (unpaired) electrons. The number of hydrogen-bond acceptors (Lipinski definition) is 8. The van der Waals surface area contributed by atoms with Crippen molar-refractivity contribution in [1.82, 2.24) is 4.98 Å². The van der Waals surface area contributed by atoms with Gasteiger partial charge in [0.1, 0.15) is 0 Å². The van der Waals surface area contributed by atoms with Gasteiger partial charge in [0.25, 0.3) is 0 Å². The number of nitrogens with zero attached hydrogens (tertiary/aromatic N) is 1. The number of pyridine rings is 1.